The molecule has 94 valence electrons. The van der Waals surface area contributed by atoms with E-state index in [4.69, 9.17) is 0 Å². The van der Waals surface area contributed by atoms with E-state index in [-0.39, 0.29) is 5.78 Å². The van der Waals surface area contributed by atoms with E-state index in [0.29, 0.717) is 11.3 Å². The summed E-state index contributed by atoms with van der Waals surface area (Å²) in [4.78, 5) is 17.3. The molecule has 0 aliphatic carbocycles. The van der Waals surface area contributed by atoms with E-state index in [2.05, 4.69) is 23.7 Å². The second-order valence-electron chi connectivity index (χ2n) is 4.13. The van der Waals surface area contributed by atoms with Crippen molar-refractivity contribution < 1.29 is 4.79 Å². The number of aromatic amines is 1. The number of rotatable bonds is 5. The highest BCUT2D eigenvalue weighted by Gasteiger charge is 2.10. The monoisotopic (exact) mass is 242 g/mol. The molecular weight excluding hydrogens is 224 g/mol. The minimum absolute atomic E-state index is 0.0334. The van der Waals surface area contributed by atoms with Crippen LogP contribution in [-0.4, -0.2) is 23.9 Å². The Labute approximate surface area is 107 Å². The number of nitrogens with one attached hydrogen (secondary N) is 1. The van der Waals surface area contributed by atoms with Gasteiger partial charge in [-0.25, -0.2) is 0 Å². The van der Waals surface area contributed by atoms with E-state index < -0.39 is 0 Å². The molecule has 0 aliphatic heterocycles. The molecule has 0 radical (unpaired) electrons. The van der Waals surface area contributed by atoms with E-state index in [1.165, 1.54) is 0 Å². The van der Waals surface area contributed by atoms with Crippen LogP contribution in [0.2, 0.25) is 0 Å². The predicted octanol–water partition coefficient (Wildman–Crippen LogP) is 3.09. The van der Waals surface area contributed by atoms with Gasteiger partial charge in [0.2, 0.25) is 5.78 Å². The Morgan fingerprint density at radius 3 is 2.28 bits per heavy atom. The number of aromatic nitrogens is 1. The fourth-order valence-electron chi connectivity index (χ4n) is 2.04. The predicted molar refractivity (Wildman–Crippen MR) is 74.2 cm³/mol. The van der Waals surface area contributed by atoms with Crippen molar-refractivity contribution in [2.75, 3.05) is 18.0 Å². The average Bonchev–Trinajstić information content (AvgIpc) is 2.94. The first-order valence-corrected chi connectivity index (χ1v) is 6.29. The van der Waals surface area contributed by atoms with Gasteiger partial charge in [0.1, 0.15) is 0 Å². The number of hydrogen-bond donors (Lipinski definition) is 1. The van der Waals surface area contributed by atoms with Crippen LogP contribution in [0.15, 0.2) is 42.6 Å². The summed E-state index contributed by atoms with van der Waals surface area (Å²) in [5, 5.41) is 0. The van der Waals surface area contributed by atoms with Crippen LogP contribution in [0.1, 0.15) is 29.9 Å². The van der Waals surface area contributed by atoms with Crippen LogP contribution in [0.4, 0.5) is 5.69 Å². The van der Waals surface area contributed by atoms with Crippen molar-refractivity contribution in [1.82, 2.24) is 4.98 Å². The molecule has 0 unspecified atom stereocenters. The third-order valence-electron chi connectivity index (χ3n) is 3.10. The molecule has 1 aromatic heterocycles. The van der Waals surface area contributed by atoms with Crippen molar-refractivity contribution in [3.8, 4) is 0 Å². The number of H-pyrrole nitrogens is 1. The molecule has 0 aliphatic rings. The third kappa shape index (κ3) is 2.45. The lowest BCUT2D eigenvalue weighted by Gasteiger charge is -2.20. The van der Waals surface area contributed by atoms with Gasteiger partial charge in [-0.05, 0) is 50.2 Å². The Bertz CT molecular complexity index is 496. The van der Waals surface area contributed by atoms with Crippen LogP contribution in [0.5, 0.6) is 0 Å². The lowest BCUT2D eigenvalue weighted by Crippen LogP contribution is -2.21. The lowest BCUT2D eigenvalue weighted by atomic mass is 10.1. The van der Waals surface area contributed by atoms with Crippen LogP contribution in [0.25, 0.3) is 0 Å². The number of carbonyl (C=O) groups is 1. The van der Waals surface area contributed by atoms with Gasteiger partial charge in [0, 0.05) is 30.5 Å². The van der Waals surface area contributed by atoms with Gasteiger partial charge < -0.3 is 9.88 Å². The maximum atomic E-state index is 12.1. The zero-order valence-corrected chi connectivity index (χ0v) is 10.8. The zero-order chi connectivity index (χ0) is 13.0. The van der Waals surface area contributed by atoms with Crippen LogP contribution in [-0.2, 0) is 0 Å². The minimum atomic E-state index is 0.0334. The Balaban J connectivity index is 2.20. The van der Waals surface area contributed by atoms with Crippen molar-refractivity contribution in [2.24, 2.45) is 0 Å². The van der Waals surface area contributed by atoms with E-state index in [1.54, 1.807) is 12.3 Å². The summed E-state index contributed by atoms with van der Waals surface area (Å²) in [6.07, 6.45) is 1.76. The molecule has 1 heterocycles. The molecule has 0 saturated heterocycles. The van der Waals surface area contributed by atoms with Crippen LogP contribution >= 0.6 is 0 Å². The fraction of sp³-hybridized carbons (Fsp3) is 0.267. The van der Waals surface area contributed by atoms with Crippen LogP contribution in [0.3, 0.4) is 0 Å². The summed E-state index contributed by atoms with van der Waals surface area (Å²) in [5.74, 6) is 0.0334. The Morgan fingerprint density at radius 1 is 1.11 bits per heavy atom. The van der Waals surface area contributed by atoms with Gasteiger partial charge in [0.05, 0.1) is 5.69 Å². The van der Waals surface area contributed by atoms with Crippen molar-refractivity contribution in [3.63, 3.8) is 0 Å². The van der Waals surface area contributed by atoms with Gasteiger partial charge in [-0.2, -0.15) is 0 Å². The molecule has 0 atom stereocenters. The van der Waals surface area contributed by atoms with Gasteiger partial charge in [0.25, 0.3) is 0 Å². The van der Waals surface area contributed by atoms with Gasteiger partial charge >= 0.3 is 0 Å². The topological polar surface area (TPSA) is 36.1 Å². The maximum absolute atomic E-state index is 12.1. The van der Waals surface area contributed by atoms with Crippen molar-refractivity contribution in [3.05, 3.63) is 53.9 Å². The van der Waals surface area contributed by atoms with Gasteiger partial charge in [0.15, 0.2) is 0 Å². The summed E-state index contributed by atoms with van der Waals surface area (Å²) in [7, 11) is 0. The molecule has 0 spiro atoms. The summed E-state index contributed by atoms with van der Waals surface area (Å²) < 4.78 is 0. The summed E-state index contributed by atoms with van der Waals surface area (Å²) in [6, 6.07) is 11.4. The number of ketones is 1. The number of nitrogens with zero attached hydrogens (tertiary/aromatic N) is 1. The Kier molecular flexibility index (Phi) is 3.82. The second kappa shape index (κ2) is 5.54. The highest BCUT2D eigenvalue weighted by Crippen LogP contribution is 2.16. The van der Waals surface area contributed by atoms with Gasteiger partial charge in [-0.3, -0.25) is 4.79 Å². The second-order valence-corrected chi connectivity index (χ2v) is 4.13. The van der Waals surface area contributed by atoms with Crippen molar-refractivity contribution in [2.45, 2.75) is 13.8 Å². The summed E-state index contributed by atoms with van der Waals surface area (Å²) in [5.41, 5.74) is 2.50. The lowest BCUT2D eigenvalue weighted by molar-refractivity contribution is 0.103. The van der Waals surface area contributed by atoms with Crippen molar-refractivity contribution >= 4 is 11.5 Å². The van der Waals surface area contributed by atoms with Gasteiger partial charge in [-0.1, -0.05) is 0 Å². The molecule has 3 heteroatoms. The highest BCUT2D eigenvalue weighted by atomic mass is 16.1. The SMILES string of the molecule is CCN(CC)c1ccc(C(=O)c2ccc[nH]2)cc1. The van der Waals surface area contributed by atoms with Crippen molar-refractivity contribution in [1.29, 1.82) is 0 Å². The Morgan fingerprint density at radius 2 is 1.78 bits per heavy atom. The molecule has 1 aromatic carbocycles. The summed E-state index contributed by atoms with van der Waals surface area (Å²) >= 11 is 0. The molecule has 0 amide bonds. The van der Waals surface area contributed by atoms with E-state index in [9.17, 15) is 4.79 Å². The Hall–Kier alpha value is -2.03. The largest absolute Gasteiger partial charge is 0.372 e. The normalized spacial score (nSPS) is 10.3. The van der Waals surface area contributed by atoms with E-state index in [0.717, 1.165) is 18.8 Å². The van der Waals surface area contributed by atoms with E-state index in [1.807, 2.05) is 30.3 Å². The molecule has 2 rings (SSSR count). The van der Waals surface area contributed by atoms with E-state index >= 15 is 0 Å². The van der Waals surface area contributed by atoms with Crippen LogP contribution in [0, 0.1) is 0 Å². The molecule has 0 fully saturated rings. The summed E-state index contributed by atoms with van der Waals surface area (Å²) in [6.45, 7) is 6.20. The molecule has 0 saturated carbocycles. The molecule has 0 bridgehead atoms. The zero-order valence-electron chi connectivity index (χ0n) is 10.8. The van der Waals surface area contributed by atoms with Gasteiger partial charge in [-0.15, -0.1) is 0 Å². The first-order chi connectivity index (χ1) is 8.76. The number of benzene rings is 1. The molecule has 1 N–H and O–H groups in total. The number of carbonyl (C=O) groups excluding carboxylic acids is 1. The smallest absolute Gasteiger partial charge is 0.209 e. The molecule has 3 nitrogen and oxygen atoms in total. The standard InChI is InChI=1S/C15H18N2O/c1-3-17(4-2)13-9-7-12(8-10-13)15(18)14-6-5-11-16-14/h5-11,16H,3-4H2,1-2H3. The number of hydrogen-bond acceptors (Lipinski definition) is 2. The fourth-order valence-corrected chi connectivity index (χ4v) is 2.04. The maximum Gasteiger partial charge on any atom is 0.209 e. The van der Waals surface area contributed by atoms with Crippen LogP contribution < -0.4 is 4.90 Å². The molecule has 2 aromatic rings. The first kappa shape index (κ1) is 12.4. The first-order valence-electron chi connectivity index (χ1n) is 6.29. The third-order valence-corrected chi connectivity index (χ3v) is 3.10. The molecular formula is C15H18N2O. The quantitative estimate of drug-likeness (QED) is 0.818. The molecule has 18 heavy (non-hydrogen) atoms. The average molecular weight is 242 g/mol. The minimum Gasteiger partial charge on any atom is -0.372 e. The highest BCUT2D eigenvalue weighted by molar-refractivity contribution is 6.07. The number of anilines is 1.